The number of ether oxygens (including phenoxy) is 3. The summed E-state index contributed by atoms with van der Waals surface area (Å²) < 4.78 is 36.8. The van der Waals surface area contributed by atoms with E-state index in [0.717, 1.165) is 0 Å². The van der Waals surface area contributed by atoms with Crippen LogP contribution in [0.4, 0.5) is 14.3 Å². The van der Waals surface area contributed by atoms with E-state index in [2.05, 4.69) is 35.0 Å². The van der Waals surface area contributed by atoms with Crippen LogP contribution in [0.15, 0.2) is 65.3 Å². The van der Waals surface area contributed by atoms with Crippen molar-refractivity contribution in [2.24, 2.45) is 5.16 Å². The molecule has 0 spiro atoms. The van der Waals surface area contributed by atoms with E-state index >= 15 is 0 Å². The third kappa shape index (κ3) is 9.34. The molecule has 4 amide bonds. The number of fused-ring (bicyclic) bond motifs is 2. The number of carbonyl (C=O) groups is 5. The highest BCUT2D eigenvalue weighted by atomic mass is 32.2. The number of β-lactam (4-membered cyclic amide) rings is 1. The molecule has 0 bridgehead atoms. The predicted octanol–water partition coefficient (Wildman–Crippen LogP) is 2.36. The number of nitrogens with one attached hydrogen (secondary N) is 2. The highest BCUT2D eigenvalue weighted by Gasteiger charge is 2.55. The smallest absolute Gasteiger partial charge is 0.414 e. The molecule has 306 valence electrons. The van der Waals surface area contributed by atoms with Crippen molar-refractivity contribution >= 4 is 75.1 Å². The fourth-order valence-corrected chi connectivity index (χ4v) is 7.70. The monoisotopic (exact) mass is 839 g/mol. The van der Waals surface area contributed by atoms with Gasteiger partial charge in [0.1, 0.15) is 53.7 Å². The molecule has 0 aliphatic carbocycles. The van der Waals surface area contributed by atoms with Crippen molar-refractivity contribution in [1.29, 1.82) is 0 Å². The Balaban J connectivity index is 1.25. The van der Waals surface area contributed by atoms with Crippen molar-refractivity contribution < 1.29 is 52.0 Å². The van der Waals surface area contributed by atoms with E-state index in [1.54, 1.807) is 82.3 Å². The van der Waals surface area contributed by atoms with E-state index < -0.39 is 53.5 Å². The number of anilines is 1. The van der Waals surface area contributed by atoms with E-state index in [1.807, 2.05) is 10.6 Å². The topological polar surface area (TPSA) is 213 Å². The summed E-state index contributed by atoms with van der Waals surface area (Å²) in [7, 11) is 4.87. The van der Waals surface area contributed by atoms with E-state index in [-0.39, 0.29) is 48.0 Å². The number of hydrogen-bond acceptors (Lipinski definition) is 15. The Morgan fingerprint density at radius 3 is 2.59 bits per heavy atom. The third-order valence-electron chi connectivity index (χ3n) is 8.54. The van der Waals surface area contributed by atoms with Gasteiger partial charge in [0.25, 0.3) is 18.7 Å². The quantitative estimate of drug-likeness (QED) is 0.0615. The summed E-state index contributed by atoms with van der Waals surface area (Å²) in [5, 5.41) is 7.73. The number of oxime groups is 1. The predicted molar refractivity (Wildman–Crippen MR) is 207 cm³/mol. The first-order chi connectivity index (χ1) is 27.7. The molecule has 19 nitrogen and oxygen atoms in total. The fourth-order valence-electron chi connectivity index (χ4n) is 5.80. The van der Waals surface area contributed by atoms with Crippen molar-refractivity contribution in [3.05, 3.63) is 71.6 Å². The van der Waals surface area contributed by atoms with Gasteiger partial charge in [-0.15, -0.1) is 11.8 Å². The number of methoxy groups -OCH3 is 1. The molecule has 1 saturated heterocycles. The van der Waals surface area contributed by atoms with Gasteiger partial charge in [-0.2, -0.15) is 9.36 Å². The van der Waals surface area contributed by atoms with Crippen LogP contribution in [0.5, 0.6) is 5.75 Å². The van der Waals surface area contributed by atoms with Crippen LogP contribution in [-0.4, -0.2) is 115 Å². The summed E-state index contributed by atoms with van der Waals surface area (Å²) in [6.45, 7) is 3.75. The molecule has 0 saturated carbocycles. The number of likely N-dealkylation sites (N-methyl/N-ethyl adjacent to an activating group) is 1. The van der Waals surface area contributed by atoms with Gasteiger partial charge in [-0.3, -0.25) is 29.2 Å². The second-order valence-electron chi connectivity index (χ2n) is 14.0. The Morgan fingerprint density at radius 1 is 1.14 bits per heavy atom. The van der Waals surface area contributed by atoms with E-state index in [0.29, 0.717) is 39.6 Å². The van der Waals surface area contributed by atoms with E-state index in [1.165, 1.54) is 28.7 Å². The number of esters is 1. The molecule has 5 heterocycles. The van der Waals surface area contributed by atoms with Gasteiger partial charge in [-0.05, 0) is 55.6 Å². The molecule has 6 rings (SSSR count). The number of amides is 4. The number of thioether (sulfide) groups is 1. The summed E-state index contributed by atoms with van der Waals surface area (Å²) in [5.41, 5.74) is 1.10. The second kappa shape index (κ2) is 17.5. The highest BCUT2D eigenvalue weighted by Crippen LogP contribution is 2.41. The molecule has 2 atom stereocenters. The van der Waals surface area contributed by atoms with Gasteiger partial charge in [0.05, 0.1) is 13.3 Å². The maximum Gasteiger partial charge on any atom is 0.414 e. The average molecular weight is 840 g/mol. The number of rotatable bonds is 14. The first-order valence-electron chi connectivity index (χ1n) is 17.6. The number of alkyl halides is 1. The Morgan fingerprint density at radius 2 is 1.90 bits per heavy atom. The first-order valence-corrected chi connectivity index (χ1v) is 19.4. The Labute approximate surface area is 339 Å². The number of halogens is 1. The van der Waals surface area contributed by atoms with Crippen LogP contribution in [0.25, 0.3) is 11.2 Å². The molecule has 1 fully saturated rings. The molecule has 22 heteroatoms. The van der Waals surface area contributed by atoms with Crippen molar-refractivity contribution in [2.75, 3.05) is 39.1 Å². The minimum atomic E-state index is -1.38. The maximum atomic E-state index is 14.0. The fraction of sp³-hybridized carbons (Fsp3) is 0.389. The number of imidazole rings is 1. The van der Waals surface area contributed by atoms with Crippen LogP contribution in [0.2, 0.25) is 0 Å². The van der Waals surface area contributed by atoms with E-state index in [9.17, 15) is 28.4 Å². The van der Waals surface area contributed by atoms with Crippen molar-refractivity contribution in [2.45, 2.75) is 57.5 Å². The Bertz CT molecular complexity index is 2290. The van der Waals surface area contributed by atoms with Crippen LogP contribution < -0.4 is 19.9 Å². The highest BCUT2D eigenvalue weighted by molar-refractivity contribution is 8.00. The normalized spacial score (nSPS) is 16.6. The summed E-state index contributed by atoms with van der Waals surface area (Å²) >= 11 is 2.00. The van der Waals surface area contributed by atoms with Crippen LogP contribution >= 0.6 is 23.3 Å². The molecule has 2 aliphatic heterocycles. The summed E-state index contributed by atoms with van der Waals surface area (Å²) in [6, 6.07) is 9.41. The average Bonchev–Trinajstić information content (AvgIpc) is 3.82. The van der Waals surface area contributed by atoms with Gasteiger partial charge in [0.2, 0.25) is 28.9 Å². The van der Waals surface area contributed by atoms with Crippen molar-refractivity contribution in [3.63, 3.8) is 0 Å². The number of pyridine rings is 1. The second-order valence-corrected chi connectivity index (χ2v) is 15.8. The van der Waals surface area contributed by atoms with Crippen LogP contribution in [0, 0.1) is 0 Å². The van der Waals surface area contributed by atoms with Gasteiger partial charge in [0.15, 0.2) is 0 Å². The minimum absolute atomic E-state index is 0.00756. The largest absolute Gasteiger partial charge is 0.497 e. The van der Waals surface area contributed by atoms with Crippen molar-refractivity contribution in [3.8, 4) is 5.75 Å². The first kappa shape index (κ1) is 41.5. The van der Waals surface area contributed by atoms with Gasteiger partial charge in [-0.25, -0.2) is 18.5 Å². The number of aromatic nitrogens is 5. The number of hydrogen-bond donors (Lipinski definition) is 2. The molecule has 2 N–H and O–H groups in total. The molecule has 0 radical (unpaired) electrons. The lowest BCUT2D eigenvalue weighted by Crippen LogP contribution is -2.71. The molecule has 1 aromatic carbocycles. The third-order valence-corrected chi connectivity index (χ3v) is 10.5. The zero-order valence-corrected chi connectivity index (χ0v) is 33.9. The summed E-state index contributed by atoms with van der Waals surface area (Å²) in [6.07, 6.45) is 2.52. The number of carbonyl (C=O) groups excluding carboxylic acids is 5. The molecule has 2 unspecified atom stereocenters. The summed E-state index contributed by atoms with van der Waals surface area (Å²) in [5.74, 6) is -1.93. The van der Waals surface area contributed by atoms with Crippen LogP contribution in [0.3, 0.4) is 0 Å². The zero-order chi connectivity index (χ0) is 41.7. The molecule has 4 aromatic rings. The summed E-state index contributed by atoms with van der Waals surface area (Å²) in [4.78, 5) is 82.2. The molecule has 2 aliphatic rings. The Kier molecular flexibility index (Phi) is 12.5. The van der Waals surface area contributed by atoms with Gasteiger partial charge < -0.3 is 29.3 Å². The minimum Gasteiger partial charge on any atom is -0.497 e. The van der Waals surface area contributed by atoms with E-state index in [4.69, 9.17) is 14.2 Å². The lowest BCUT2D eigenvalue weighted by Gasteiger charge is -2.49. The Hall–Kier alpha value is -6.16. The lowest BCUT2D eigenvalue weighted by atomic mass is 10.0. The molecule has 58 heavy (non-hydrogen) atoms. The molecular weight excluding hydrogens is 800 g/mol. The lowest BCUT2D eigenvalue weighted by molar-refractivity contribution is -0.664. The number of nitrogens with zero attached hydrogens (tertiary/aromatic N) is 8. The van der Waals surface area contributed by atoms with Gasteiger partial charge >= 0.3 is 17.7 Å². The van der Waals surface area contributed by atoms with Gasteiger partial charge in [-0.1, -0.05) is 17.3 Å². The maximum absolute atomic E-state index is 14.0. The zero-order valence-electron chi connectivity index (χ0n) is 32.3. The molecule has 3 aromatic heterocycles. The number of benzene rings is 1. The van der Waals surface area contributed by atoms with Gasteiger partial charge in [0, 0.05) is 37.0 Å². The SMILES string of the molecule is COc1ccc(COC(=O)C2=C(C[n+]3cccc4c3ncn4CC(=O)N(C)C)CSC3C(NC(=O)/C(=N\OCF)c4nsc(NC(=O)OC(C)(C)C)n4)C(=O)N23)cc1. The molecular formula is C36H40FN10O9S2+. The van der Waals surface area contributed by atoms with Crippen LogP contribution in [-0.2, 0) is 53.2 Å². The standard InChI is InChI=1S/C36H39FN10O9S2/c1-36(2,3)56-35(52)41-34-40-28(43-58-34)25(42-55-18-37)30(49)39-26-31(50)47-27(33(51)54-16-20-9-11-22(53-6)12-10-20)21(17-57-32(26)47)14-45-13-7-8-23-29(45)38-19-46(23)15-24(48)44(4)5/h7-13,19,26,32H,14-18H2,1-6H3,(H-,39,40,41,43,49,52)/p+1/b42-25-. The van der Waals surface area contributed by atoms with Crippen LogP contribution in [0.1, 0.15) is 32.2 Å². The van der Waals surface area contributed by atoms with Crippen molar-refractivity contribution in [1.82, 2.24) is 34.0 Å².